The van der Waals surface area contributed by atoms with Crippen molar-refractivity contribution in [1.82, 2.24) is 9.34 Å². The van der Waals surface area contributed by atoms with E-state index in [9.17, 15) is 0 Å². The Labute approximate surface area is 205 Å². The molecule has 4 heterocycles. The van der Waals surface area contributed by atoms with Crippen molar-refractivity contribution in [1.29, 1.82) is 0 Å². The molecule has 16 heteroatoms. The van der Waals surface area contributed by atoms with Crippen LogP contribution in [0, 0.1) is 0 Å². The second-order valence-electron chi connectivity index (χ2n) is 7.47. The Morgan fingerprint density at radius 2 is 1.16 bits per heavy atom. The topological polar surface area (TPSA) is 74.4 Å². The molecular weight excluding hydrogens is 574 g/mol. The van der Waals surface area contributed by atoms with Gasteiger partial charge in [0.15, 0.2) is 0 Å². The minimum Gasteiger partial charge on any atom is -0.430 e. The van der Waals surface area contributed by atoms with Gasteiger partial charge in [-0.15, -0.1) is 0 Å². The number of hydrogen-bond acceptors (Lipinski definition) is 8. The van der Waals surface area contributed by atoms with Crippen LogP contribution in [0.25, 0.3) is 0 Å². The fourth-order valence-electron chi connectivity index (χ4n) is 4.05. The summed E-state index contributed by atoms with van der Waals surface area (Å²) in [5.41, 5.74) is 1.93. The van der Waals surface area contributed by atoms with Crippen LogP contribution in [0.1, 0.15) is 11.1 Å². The summed E-state index contributed by atoms with van der Waals surface area (Å²) in [4.78, 5) is 0. The smallest absolute Gasteiger partial charge is 0.351 e. The maximum Gasteiger partial charge on any atom is 0.351 e. The summed E-state index contributed by atoms with van der Waals surface area (Å²) in [6, 6.07) is 15.4. The van der Waals surface area contributed by atoms with Crippen molar-refractivity contribution in [2.24, 2.45) is 18.1 Å². The number of halogens is 4. The molecule has 1 fully saturated rings. The van der Waals surface area contributed by atoms with Gasteiger partial charge in [0.2, 0.25) is 7.51 Å². The van der Waals surface area contributed by atoms with Crippen molar-refractivity contribution in [3.05, 3.63) is 59.7 Å². The van der Waals surface area contributed by atoms with Gasteiger partial charge in [-0.2, -0.15) is 18.1 Å². The molecule has 1 spiro atoms. The van der Waals surface area contributed by atoms with Crippen LogP contribution in [0.15, 0.2) is 66.6 Å². The zero-order valence-corrected chi connectivity index (χ0v) is 22.8. The van der Waals surface area contributed by atoms with Gasteiger partial charge < -0.3 is 9.05 Å². The Balaban J connectivity index is 1.70. The van der Waals surface area contributed by atoms with Crippen molar-refractivity contribution >= 4 is 71.9 Å². The van der Waals surface area contributed by atoms with E-state index in [0.717, 1.165) is 24.2 Å². The molecule has 6 rings (SSSR count). The monoisotopic (exact) mass is 588 g/mol. The molecule has 3 bridgehead atoms. The molecule has 0 saturated carbocycles. The quantitative estimate of drug-likeness (QED) is 0.287. The van der Waals surface area contributed by atoms with Gasteiger partial charge in [0.05, 0.1) is 0 Å². The standard InChI is InChI=1S/C16H16Cl4N6O2P4/c17-29(18)21-30(19)23-32-24-31(20,22-29)28-16-8-4-2-6-14(16)12-26(32)10-9-25(32)11-13-5-1-3-7-15(13)27-30/h1-8H,9-12H2. The van der Waals surface area contributed by atoms with Crippen LogP contribution in [-0.4, -0.2) is 22.4 Å². The van der Waals surface area contributed by atoms with Crippen molar-refractivity contribution in [3.63, 3.8) is 0 Å². The highest BCUT2D eigenvalue weighted by molar-refractivity contribution is 8.15. The van der Waals surface area contributed by atoms with Gasteiger partial charge >= 0.3 is 13.6 Å². The summed E-state index contributed by atoms with van der Waals surface area (Å²) in [5, 5.41) is 0. The molecule has 3 unspecified atom stereocenters. The minimum atomic E-state index is -3.41. The zero-order valence-electron chi connectivity index (χ0n) is 16.2. The Morgan fingerprint density at radius 3 is 1.72 bits per heavy atom. The SMILES string of the molecule is ClP1(Cl)=NP2(Cl)=NP34=NP(Cl)(=N1)Oc1ccccc1CN3CCN4Cc1ccccc1O2. The molecule has 8 nitrogen and oxygen atoms in total. The second-order valence-corrected chi connectivity index (χ2v) is 21.7. The highest BCUT2D eigenvalue weighted by atomic mass is 35.9. The molecule has 1 saturated heterocycles. The van der Waals surface area contributed by atoms with Crippen LogP contribution in [0.3, 0.4) is 0 Å². The van der Waals surface area contributed by atoms with Crippen molar-refractivity contribution in [2.45, 2.75) is 13.1 Å². The lowest BCUT2D eigenvalue weighted by Gasteiger charge is -2.38. The van der Waals surface area contributed by atoms with Gasteiger partial charge in [-0.05, 0) is 57.1 Å². The lowest BCUT2D eigenvalue weighted by atomic mass is 10.2. The molecule has 170 valence electrons. The van der Waals surface area contributed by atoms with Gasteiger partial charge in [-0.25, -0.2) is 9.34 Å². The Kier molecular flexibility index (Phi) is 5.46. The molecule has 2 aromatic rings. The third-order valence-corrected chi connectivity index (χ3v) is 20.9. The summed E-state index contributed by atoms with van der Waals surface area (Å²) in [7, 11) is -2.86. The van der Waals surface area contributed by atoms with Gasteiger partial charge in [-0.1, -0.05) is 36.4 Å². The maximum atomic E-state index is 7.01. The molecule has 3 atom stereocenters. The highest BCUT2D eigenvalue weighted by Gasteiger charge is 2.49. The average molecular weight is 590 g/mol. The van der Waals surface area contributed by atoms with Gasteiger partial charge in [0.1, 0.15) is 11.5 Å². The maximum absolute atomic E-state index is 7.01. The number of rotatable bonds is 0. The number of nitrogens with zero attached hydrogens (tertiary/aromatic N) is 6. The van der Waals surface area contributed by atoms with E-state index in [1.807, 2.05) is 48.5 Å². The van der Waals surface area contributed by atoms with Crippen LogP contribution in [0.2, 0.25) is 0 Å². The van der Waals surface area contributed by atoms with E-state index in [1.165, 1.54) is 0 Å². The molecule has 0 aromatic heterocycles. The first-order chi connectivity index (χ1) is 15.2. The van der Waals surface area contributed by atoms with Crippen molar-refractivity contribution in [2.75, 3.05) is 13.1 Å². The molecule has 4 aliphatic rings. The summed E-state index contributed by atoms with van der Waals surface area (Å²) >= 11 is 27.2. The lowest BCUT2D eigenvalue weighted by molar-refractivity contribution is 0.450. The van der Waals surface area contributed by atoms with Gasteiger partial charge in [0.25, 0.3) is 5.91 Å². The summed E-state index contributed by atoms with van der Waals surface area (Å²) in [6.45, 7) is -4.15. The first-order valence-electron chi connectivity index (χ1n) is 9.58. The average Bonchev–Trinajstić information content (AvgIpc) is 2.95. The Hall–Kier alpha value is 0.0400. The third-order valence-electron chi connectivity index (χ3n) is 5.35. The molecule has 2 aromatic carbocycles. The molecule has 32 heavy (non-hydrogen) atoms. The van der Waals surface area contributed by atoms with E-state index in [0.29, 0.717) is 24.6 Å². The third kappa shape index (κ3) is 3.86. The Morgan fingerprint density at radius 1 is 0.656 bits per heavy atom. The zero-order chi connectivity index (χ0) is 22.2. The molecule has 0 N–H and O–H groups in total. The van der Waals surface area contributed by atoms with E-state index in [1.54, 1.807) is 0 Å². The first kappa shape index (κ1) is 22.5. The first-order valence-corrected chi connectivity index (χ1v) is 19.7. The summed E-state index contributed by atoms with van der Waals surface area (Å²) in [5.74, 6) is -2.20. The van der Waals surface area contributed by atoms with Crippen LogP contribution in [-0.2, 0) is 13.1 Å². The van der Waals surface area contributed by atoms with Gasteiger partial charge in [0, 0.05) is 37.3 Å². The van der Waals surface area contributed by atoms with E-state index >= 15 is 0 Å². The number of hydrogen-bond donors (Lipinski definition) is 0. The van der Waals surface area contributed by atoms with Gasteiger partial charge in [-0.3, -0.25) is 0 Å². The fraction of sp³-hybridized carbons (Fsp3) is 0.250. The van der Waals surface area contributed by atoms with Crippen LogP contribution < -0.4 is 9.05 Å². The fourth-order valence-corrected chi connectivity index (χ4v) is 23.8. The van der Waals surface area contributed by atoms with E-state index in [4.69, 9.17) is 63.0 Å². The largest absolute Gasteiger partial charge is 0.430 e. The Bertz CT molecular complexity index is 1350. The van der Waals surface area contributed by atoms with Crippen molar-refractivity contribution in [3.8, 4) is 11.5 Å². The van der Waals surface area contributed by atoms with Crippen molar-refractivity contribution < 1.29 is 9.05 Å². The van der Waals surface area contributed by atoms with E-state index in [-0.39, 0.29) is 0 Å². The number of benzene rings is 2. The molecule has 4 aliphatic heterocycles. The normalized spacial score (nSPS) is 35.0. The van der Waals surface area contributed by atoms with E-state index in [2.05, 4.69) is 18.4 Å². The van der Waals surface area contributed by atoms with Crippen LogP contribution in [0.4, 0.5) is 0 Å². The van der Waals surface area contributed by atoms with Crippen LogP contribution in [0.5, 0.6) is 11.5 Å². The predicted octanol–water partition coefficient (Wildman–Crippen LogP) is 9.54. The molecule has 0 radical (unpaired) electrons. The number of fused-ring (bicyclic) bond motifs is 3. The summed E-state index contributed by atoms with van der Waals surface area (Å²) in [6.07, 6.45) is 0. The van der Waals surface area contributed by atoms with Crippen LogP contribution >= 0.6 is 71.9 Å². The molecule has 0 amide bonds. The predicted molar refractivity (Wildman–Crippen MR) is 136 cm³/mol. The molecular formula is C16H16Cl4N6O2P4. The minimum absolute atomic E-state index is 0.574. The van der Waals surface area contributed by atoms with E-state index < -0.39 is 27.0 Å². The highest BCUT2D eigenvalue weighted by Crippen LogP contribution is 2.86. The lowest BCUT2D eigenvalue weighted by Crippen LogP contribution is -2.21. The second kappa shape index (κ2) is 7.77. The number of para-hydroxylation sites is 2. The molecule has 0 aliphatic carbocycles. The summed E-state index contributed by atoms with van der Waals surface area (Å²) < 4.78 is 36.1.